The lowest BCUT2D eigenvalue weighted by Crippen LogP contribution is -1.97. The lowest BCUT2D eigenvalue weighted by Gasteiger charge is -2.03. The lowest BCUT2D eigenvalue weighted by atomic mass is 10.0. The molecule has 1 rings (SSSR count). The van der Waals surface area contributed by atoms with Crippen LogP contribution >= 0.6 is 0 Å². The molecule has 1 aromatic rings. The highest BCUT2D eigenvalue weighted by atomic mass is 19.1. The van der Waals surface area contributed by atoms with E-state index in [1.807, 2.05) is 6.92 Å². The minimum absolute atomic E-state index is 0.241. The minimum Gasteiger partial charge on any atom is -0.305 e. The Kier molecular flexibility index (Phi) is 2.61. The summed E-state index contributed by atoms with van der Waals surface area (Å²) in [6.07, 6.45) is 0. The van der Waals surface area contributed by atoms with Crippen molar-refractivity contribution in [3.63, 3.8) is 0 Å². The summed E-state index contributed by atoms with van der Waals surface area (Å²) in [4.78, 5) is 0. The van der Waals surface area contributed by atoms with Crippen molar-refractivity contribution in [2.24, 2.45) is 0 Å². The van der Waals surface area contributed by atoms with Crippen LogP contribution in [0.1, 0.15) is 25.0 Å². The van der Waals surface area contributed by atoms with E-state index in [2.05, 4.69) is 6.58 Å². The van der Waals surface area contributed by atoms with Crippen LogP contribution in [0.3, 0.4) is 0 Å². The van der Waals surface area contributed by atoms with Gasteiger partial charge in [0.1, 0.15) is 5.82 Å². The van der Waals surface area contributed by atoms with Crippen molar-refractivity contribution in [3.05, 3.63) is 41.7 Å². The van der Waals surface area contributed by atoms with Gasteiger partial charge in [0.2, 0.25) is 0 Å². The van der Waals surface area contributed by atoms with Gasteiger partial charge in [-0.05, 0) is 31.5 Å². The van der Waals surface area contributed by atoms with Crippen molar-refractivity contribution in [1.29, 1.82) is 5.41 Å². The third-order valence-corrected chi connectivity index (χ3v) is 1.87. The Morgan fingerprint density at radius 2 is 2.00 bits per heavy atom. The van der Waals surface area contributed by atoms with E-state index in [4.69, 9.17) is 5.41 Å². The highest BCUT2D eigenvalue weighted by Gasteiger charge is 2.04. The smallest absolute Gasteiger partial charge is 0.132 e. The van der Waals surface area contributed by atoms with Crippen LogP contribution in [-0.4, -0.2) is 5.71 Å². The van der Waals surface area contributed by atoms with Gasteiger partial charge in [0.15, 0.2) is 0 Å². The van der Waals surface area contributed by atoms with Crippen molar-refractivity contribution >= 4 is 11.3 Å². The standard InChI is InChI=1S/C11H12FN/c1-7(2)9-4-5-10(8(3)13)11(12)6-9/h4-6,13H,1H2,2-3H3. The molecule has 68 valence electrons. The van der Waals surface area contributed by atoms with Gasteiger partial charge >= 0.3 is 0 Å². The monoisotopic (exact) mass is 177 g/mol. The van der Waals surface area contributed by atoms with Crippen molar-refractivity contribution in [2.75, 3.05) is 0 Å². The maximum atomic E-state index is 13.3. The molecule has 1 N–H and O–H groups in total. The molecule has 0 radical (unpaired) electrons. The zero-order chi connectivity index (χ0) is 10.0. The molecule has 0 aliphatic heterocycles. The van der Waals surface area contributed by atoms with E-state index in [1.165, 1.54) is 6.07 Å². The van der Waals surface area contributed by atoms with Crippen LogP contribution in [-0.2, 0) is 0 Å². The molecule has 0 heterocycles. The molecule has 0 unspecified atom stereocenters. The highest BCUT2D eigenvalue weighted by Crippen LogP contribution is 2.16. The van der Waals surface area contributed by atoms with Gasteiger partial charge in [-0.2, -0.15) is 0 Å². The van der Waals surface area contributed by atoms with Crippen LogP contribution in [0.15, 0.2) is 24.8 Å². The summed E-state index contributed by atoms with van der Waals surface area (Å²) in [5.74, 6) is -0.354. The average molecular weight is 177 g/mol. The van der Waals surface area contributed by atoms with Crippen molar-refractivity contribution in [3.8, 4) is 0 Å². The second-order valence-corrected chi connectivity index (χ2v) is 3.10. The van der Waals surface area contributed by atoms with E-state index in [0.717, 1.165) is 11.1 Å². The average Bonchev–Trinajstić information content (AvgIpc) is 2.03. The normalized spacial score (nSPS) is 9.77. The predicted molar refractivity (Wildman–Crippen MR) is 53.6 cm³/mol. The number of nitrogens with one attached hydrogen (secondary N) is 1. The Hall–Kier alpha value is -1.44. The summed E-state index contributed by atoms with van der Waals surface area (Å²) in [5, 5.41) is 7.29. The molecule has 0 atom stereocenters. The van der Waals surface area contributed by atoms with Crippen LogP contribution in [0.2, 0.25) is 0 Å². The largest absolute Gasteiger partial charge is 0.305 e. The van der Waals surface area contributed by atoms with E-state index >= 15 is 0 Å². The first kappa shape index (κ1) is 9.65. The third-order valence-electron chi connectivity index (χ3n) is 1.87. The Morgan fingerprint density at radius 1 is 1.38 bits per heavy atom. The Labute approximate surface area is 77.4 Å². The quantitative estimate of drug-likeness (QED) is 0.670. The molecule has 0 amide bonds. The molecule has 2 heteroatoms. The van der Waals surface area contributed by atoms with E-state index in [9.17, 15) is 4.39 Å². The van der Waals surface area contributed by atoms with Crippen molar-refractivity contribution in [1.82, 2.24) is 0 Å². The van der Waals surface area contributed by atoms with Crippen LogP contribution < -0.4 is 0 Å². The second-order valence-electron chi connectivity index (χ2n) is 3.10. The molecule has 0 saturated carbocycles. The minimum atomic E-state index is -0.354. The Bertz CT molecular complexity index is 366. The Morgan fingerprint density at radius 3 is 2.38 bits per heavy atom. The molecule has 0 aliphatic rings. The number of hydrogen-bond acceptors (Lipinski definition) is 1. The van der Waals surface area contributed by atoms with Gasteiger partial charge in [-0.3, -0.25) is 0 Å². The summed E-state index contributed by atoms with van der Waals surface area (Å²) in [6.45, 7) is 7.11. The van der Waals surface area contributed by atoms with E-state index in [-0.39, 0.29) is 11.5 Å². The van der Waals surface area contributed by atoms with Gasteiger partial charge in [-0.1, -0.05) is 18.2 Å². The second kappa shape index (κ2) is 3.52. The van der Waals surface area contributed by atoms with Crippen LogP contribution in [0.25, 0.3) is 5.57 Å². The molecule has 0 aliphatic carbocycles. The SMILES string of the molecule is C=C(C)c1ccc(C(C)=N)c(F)c1. The number of hydrogen-bond donors (Lipinski definition) is 1. The number of benzene rings is 1. The van der Waals surface area contributed by atoms with Gasteiger partial charge < -0.3 is 5.41 Å². The number of halogens is 1. The van der Waals surface area contributed by atoms with Crippen LogP contribution in [0.5, 0.6) is 0 Å². The maximum absolute atomic E-state index is 13.3. The van der Waals surface area contributed by atoms with E-state index in [0.29, 0.717) is 5.56 Å². The first-order chi connectivity index (χ1) is 6.02. The van der Waals surface area contributed by atoms with Crippen LogP contribution in [0.4, 0.5) is 4.39 Å². The maximum Gasteiger partial charge on any atom is 0.132 e. The topological polar surface area (TPSA) is 23.9 Å². The fourth-order valence-electron chi connectivity index (χ4n) is 1.08. The molecule has 0 bridgehead atoms. The number of rotatable bonds is 2. The number of allylic oxidation sites excluding steroid dienone is 1. The van der Waals surface area contributed by atoms with Crippen molar-refractivity contribution in [2.45, 2.75) is 13.8 Å². The molecule has 0 fully saturated rings. The predicted octanol–water partition coefficient (Wildman–Crippen LogP) is 3.25. The van der Waals surface area contributed by atoms with Gasteiger partial charge in [0.25, 0.3) is 0 Å². The van der Waals surface area contributed by atoms with Gasteiger partial charge in [0, 0.05) is 11.3 Å². The third kappa shape index (κ3) is 2.02. The van der Waals surface area contributed by atoms with E-state index < -0.39 is 0 Å². The Balaban J connectivity index is 3.20. The molecule has 1 nitrogen and oxygen atoms in total. The fraction of sp³-hybridized carbons (Fsp3) is 0.182. The lowest BCUT2D eigenvalue weighted by molar-refractivity contribution is 0.624. The molecule has 1 aromatic carbocycles. The molecule has 0 spiro atoms. The summed E-state index contributed by atoms with van der Waals surface area (Å²) >= 11 is 0. The summed E-state index contributed by atoms with van der Waals surface area (Å²) < 4.78 is 13.3. The summed E-state index contributed by atoms with van der Waals surface area (Å²) in [7, 11) is 0. The molecule has 13 heavy (non-hydrogen) atoms. The van der Waals surface area contributed by atoms with Crippen molar-refractivity contribution < 1.29 is 4.39 Å². The molecular formula is C11H12FN. The molecule has 0 saturated heterocycles. The summed E-state index contributed by atoms with van der Waals surface area (Å²) in [5.41, 5.74) is 2.20. The first-order valence-electron chi connectivity index (χ1n) is 4.03. The summed E-state index contributed by atoms with van der Waals surface area (Å²) in [6, 6.07) is 4.80. The fourth-order valence-corrected chi connectivity index (χ4v) is 1.08. The highest BCUT2D eigenvalue weighted by molar-refractivity contribution is 5.96. The zero-order valence-electron chi connectivity index (χ0n) is 7.82. The van der Waals surface area contributed by atoms with E-state index in [1.54, 1.807) is 19.1 Å². The first-order valence-corrected chi connectivity index (χ1v) is 4.03. The molecular weight excluding hydrogens is 165 g/mol. The zero-order valence-corrected chi connectivity index (χ0v) is 7.82. The molecule has 0 aromatic heterocycles. The van der Waals surface area contributed by atoms with Gasteiger partial charge in [-0.15, -0.1) is 0 Å². The van der Waals surface area contributed by atoms with Gasteiger partial charge in [-0.25, -0.2) is 4.39 Å². The van der Waals surface area contributed by atoms with Crippen LogP contribution in [0, 0.1) is 11.2 Å². The van der Waals surface area contributed by atoms with Gasteiger partial charge in [0.05, 0.1) is 0 Å².